The topological polar surface area (TPSA) is 30.5 Å². The van der Waals surface area contributed by atoms with E-state index in [1.165, 1.54) is 0 Å². The Kier molecular flexibility index (Phi) is 5.59. The van der Waals surface area contributed by atoms with Crippen LogP contribution in [0.3, 0.4) is 0 Å². The molecule has 3 nitrogen and oxygen atoms in total. The number of halogens is 1. The summed E-state index contributed by atoms with van der Waals surface area (Å²) in [6, 6.07) is 2.50. The summed E-state index contributed by atoms with van der Waals surface area (Å²) in [6.45, 7) is 4.91. The smallest absolute Gasteiger partial charge is 0.125 e. The van der Waals surface area contributed by atoms with Crippen LogP contribution in [-0.4, -0.2) is 26.8 Å². The summed E-state index contributed by atoms with van der Waals surface area (Å²) in [6.07, 6.45) is 0.868. The van der Waals surface area contributed by atoms with Gasteiger partial charge in [0.2, 0.25) is 0 Å². The first kappa shape index (κ1) is 14.1. The number of alkyl halides is 1. The zero-order valence-electron chi connectivity index (χ0n) is 10.9. The zero-order valence-corrected chi connectivity index (χ0v) is 11.6. The molecule has 0 unspecified atom stereocenters. The molecule has 1 N–H and O–H groups in total. The highest BCUT2D eigenvalue weighted by Gasteiger charge is 2.13. The average Bonchev–Trinajstić information content (AvgIpc) is 2.34. The Morgan fingerprint density at radius 3 is 2.41 bits per heavy atom. The van der Waals surface area contributed by atoms with Crippen molar-refractivity contribution >= 4 is 11.6 Å². The van der Waals surface area contributed by atoms with Crippen LogP contribution in [0.5, 0.6) is 11.5 Å². The Balaban J connectivity index is 3.04. The van der Waals surface area contributed by atoms with Gasteiger partial charge in [-0.15, -0.1) is 11.6 Å². The van der Waals surface area contributed by atoms with Crippen LogP contribution in [0, 0.1) is 13.8 Å². The minimum Gasteiger partial charge on any atom is -0.496 e. The molecule has 0 saturated carbocycles. The van der Waals surface area contributed by atoms with Gasteiger partial charge in [0.15, 0.2) is 0 Å². The van der Waals surface area contributed by atoms with Crippen molar-refractivity contribution in [2.24, 2.45) is 0 Å². The number of methoxy groups -OCH3 is 2. The molecule has 17 heavy (non-hydrogen) atoms. The summed E-state index contributed by atoms with van der Waals surface area (Å²) in [4.78, 5) is 0. The molecule has 4 heteroatoms. The molecule has 0 amide bonds. The standard InChI is InChI=1S/C13H20ClNO2/c1-9-10(2)13(17-4)11(5-6-15-8-14)7-12(9)16-3/h7,15H,5-6,8H2,1-4H3. The summed E-state index contributed by atoms with van der Waals surface area (Å²) in [5.74, 6) is 1.85. The lowest BCUT2D eigenvalue weighted by Crippen LogP contribution is -2.15. The van der Waals surface area contributed by atoms with Crippen molar-refractivity contribution in [2.75, 3.05) is 26.8 Å². The Morgan fingerprint density at radius 1 is 1.18 bits per heavy atom. The van der Waals surface area contributed by atoms with Crippen molar-refractivity contribution < 1.29 is 9.47 Å². The van der Waals surface area contributed by atoms with E-state index in [4.69, 9.17) is 21.1 Å². The van der Waals surface area contributed by atoms with Gasteiger partial charge in [0, 0.05) is 6.54 Å². The maximum atomic E-state index is 5.59. The maximum absolute atomic E-state index is 5.59. The van der Waals surface area contributed by atoms with Crippen LogP contribution in [0.1, 0.15) is 16.7 Å². The van der Waals surface area contributed by atoms with Gasteiger partial charge in [-0.05, 0) is 43.0 Å². The number of rotatable bonds is 6. The quantitative estimate of drug-likeness (QED) is 0.483. The molecule has 1 aromatic rings. The predicted octanol–water partition coefficient (Wildman–Crippen LogP) is 2.65. The molecule has 0 radical (unpaired) electrons. The summed E-state index contributed by atoms with van der Waals surface area (Å²) < 4.78 is 10.8. The molecule has 1 rings (SSSR count). The van der Waals surface area contributed by atoms with Crippen molar-refractivity contribution in [3.63, 3.8) is 0 Å². The van der Waals surface area contributed by atoms with E-state index in [2.05, 4.69) is 12.2 Å². The molecule has 0 atom stereocenters. The molecule has 0 spiro atoms. The number of benzene rings is 1. The van der Waals surface area contributed by atoms with Crippen LogP contribution in [-0.2, 0) is 6.42 Å². The molecule has 0 fully saturated rings. The first-order valence-corrected chi connectivity index (χ1v) is 6.16. The van der Waals surface area contributed by atoms with Crippen molar-refractivity contribution in [1.82, 2.24) is 5.32 Å². The number of ether oxygens (including phenoxy) is 2. The van der Waals surface area contributed by atoms with E-state index in [1.54, 1.807) is 14.2 Å². The van der Waals surface area contributed by atoms with Crippen molar-refractivity contribution in [2.45, 2.75) is 20.3 Å². The van der Waals surface area contributed by atoms with Gasteiger partial charge in [-0.1, -0.05) is 0 Å². The first-order chi connectivity index (χ1) is 8.15. The van der Waals surface area contributed by atoms with Crippen molar-refractivity contribution in [1.29, 1.82) is 0 Å². The largest absolute Gasteiger partial charge is 0.496 e. The molecule has 0 aliphatic rings. The second-order valence-electron chi connectivity index (χ2n) is 3.90. The lowest BCUT2D eigenvalue weighted by atomic mass is 10.0. The highest BCUT2D eigenvalue weighted by atomic mass is 35.5. The van der Waals surface area contributed by atoms with Crippen molar-refractivity contribution in [3.8, 4) is 11.5 Å². The Bertz CT molecular complexity index is 380. The monoisotopic (exact) mass is 257 g/mol. The van der Waals surface area contributed by atoms with Gasteiger partial charge in [0.05, 0.1) is 20.2 Å². The molecule has 0 saturated heterocycles. The Morgan fingerprint density at radius 2 is 1.88 bits per heavy atom. The fraction of sp³-hybridized carbons (Fsp3) is 0.538. The third-order valence-electron chi connectivity index (χ3n) is 2.96. The molecule has 96 valence electrons. The number of nitrogens with one attached hydrogen (secondary N) is 1. The summed E-state index contributed by atoms with van der Waals surface area (Å²) >= 11 is 5.59. The minimum atomic E-state index is 0.463. The molecular formula is C13H20ClNO2. The van der Waals surface area contributed by atoms with Crippen LogP contribution in [0.25, 0.3) is 0 Å². The summed E-state index contributed by atoms with van der Waals surface area (Å²) in [5.41, 5.74) is 3.40. The van der Waals surface area contributed by atoms with Gasteiger partial charge >= 0.3 is 0 Å². The predicted molar refractivity (Wildman–Crippen MR) is 71.4 cm³/mol. The van der Waals surface area contributed by atoms with E-state index in [0.717, 1.165) is 41.2 Å². The van der Waals surface area contributed by atoms with Crippen LogP contribution in [0.2, 0.25) is 0 Å². The van der Waals surface area contributed by atoms with Gasteiger partial charge in [-0.3, -0.25) is 0 Å². The van der Waals surface area contributed by atoms with Gasteiger partial charge in [-0.2, -0.15) is 0 Å². The number of hydrogen-bond acceptors (Lipinski definition) is 3. The number of hydrogen-bond donors (Lipinski definition) is 1. The van der Waals surface area contributed by atoms with Crippen LogP contribution >= 0.6 is 11.6 Å². The second-order valence-corrected chi connectivity index (χ2v) is 4.17. The van der Waals surface area contributed by atoms with Gasteiger partial charge in [0.1, 0.15) is 11.5 Å². The molecule has 1 aromatic carbocycles. The van der Waals surface area contributed by atoms with E-state index < -0.39 is 0 Å². The van der Waals surface area contributed by atoms with Crippen molar-refractivity contribution in [3.05, 3.63) is 22.8 Å². The van der Waals surface area contributed by atoms with Crippen LogP contribution < -0.4 is 14.8 Å². The lowest BCUT2D eigenvalue weighted by Gasteiger charge is -2.16. The van der Waals surface area contributed by atoms with E-state index in [0.29, 0.717) is 6.00 Å². The molecular weight excluding hydrogens is 238 g/mol. The molecule has 0 heterocycles. The van der Waals surface area contributed by atoms with E-state index >= 15 is 0 Å². The van der Waals surface area contributed by atoms with Crippen LogP contribution in [0.4, 0.5) is 0 Å². The van der Waals surface area contributed by atoms with E-state index in [9.17, 15) is 0 Å². The zero-order chi connectivity index (χ0) is 12.8. The Labute approximate surface area is 108 Å². The molecule has 0 aliphatic heterocycles. The highest BCUT2D eigenvalue weighted by molar-refractivity contribution is 6.17. The minimum absolute atomic E-state index is 0.463. The molecule has 0 bridgehead atoms. The SMILES string of the molecule is COc1cc(CCNCCl)c(OC)c(C)c1C. The normalized spacial score (nSPS) is 10.4. The summed E-state index contributed by atoms with van der Waals surface area (Å²) in [5, 5.41) is 3.09. The lowest BCUT2D eigenvalue weighted by molar-refractivity contribution is 0.393. The van der Waals surface area contributed by atoms with Gasteiger partial charge < -0.3 is 14.8 Å². The highest BCUT2D eigenvalue weighted by Crippen LogP contribution is 2.33. The molecule has 0 aliphatic carbocycles. The fourth-order valence-electron chi connectivity index (χ4n) is 1.90. The van der Waals surface area contributed by atoms with Gasteiger partial charge in [-0.25, -0.2) is 0 Å². The second kappa shape index (κ2) is 6.72. The summed E-state index contributed by atoms with van der Waals surface area (Å²) in [7, 11) is 3.39. The Hall–Kier alpha value is -0.930. The van der Waals surface area contributed by atoms with E-state index in [-0.39, 0.29) is 0 Å². The van der Waals surface area contributed by atoms with Crippen LogP contribution in [0.15, 0.2) is 6.07 Å². The first-order valence-electron chi connectivity index (χ1n) is 5.63. The van der Waals surface area contributed by atoms with E-state index in [1.807, 2.05) is 13.0 Å². The third kappa shape index (κ3) is 3.27. The third-order valence-corrected chi connectivity index (χ3v) is 3.15. The maximum Gasteiger partial charge on any atom is 0.125 e. The molecule has 0 aromatic heterocycles. The fourth-order valence-corrected chi connectivity index (χ4v) is 2.03. The van der Waals surface area contributed by atoms with Gasteiger partial charge in [0.25, 0.3) is 0 Å². The average molecular weight is 258 g/mol.